The quantitative estimate of drug-likeness (QED) is 0.603. The Morgan fingerprint density at radius 1 is 1.32 bits per heavy atom. The van der Waals surface area contributed by atoms with Crippen molar-refractivity contribution in [3.63, 3.8) is 0 Å². The number of likely N-dealkylation sites (tertiary alicyclic amines) is 1. The Morgan fingerprint density at radius 2 is 2.11 bits per heavy atom. The molecule has 1 aliphatic rings. The van der Waals surface area contributed by atoms with E-state index in [0.29, 0.717) is 24.5 Å². The fourth-order valence-corrected chi connectivity index (χ4v) is 4.77. The predicted molar refractivity (Wildman–Crippen MR) is 103 cm³/mol. The Kier molecular flexibility index (Phi) is 4.91. The van der Waals surface area contributed by atoms with Gasteiger partial charge in [0.05, 0.1) is 16.0 Å². The zero-order valence-electron chi connectivity index (χ0n) is 16.0. The number of amides is 1. The Labute approximate surface area is 165 Å². The van der Waals surface area contributed by atoms with Crippen molar-refractivity contribution in [2.75, 3.05) is 13.1 Å². The van der Waals surface area contributed by atoms with E-state index in [1.165, 1.54) is 17.4 Å². The fraction of sp³-hybridized carbons (Fsp3) is 0.450. The summed E-state index contributed by atoms with van der Waals surface area (Å²) in [4.78, 5) is 21.0. The van der Waals surface area contributed by atoms with Gasteiger partial charge in [-0.3, -0.25) is 4.79 Å². The summed E-state index contributed by atoms with van der Waals surface area (Å²) in [7, 11) is 0. The Bertz CT molecular complexity index is 1020. The summed E-state index contributed by atoms with van der Waals surface area (Å²) >= 11 is 1.49. The summed E-state index contributed by atoms with van der Waals surface area (Å²) < 4.78 is 32.4. The molecule has 1 atom stereocenters. The highest BCUT2D eigenvalue weighted by molar-refractivity contribution is 7.14. The molecule has 5 nitrogen and oxygen atoms in total. The molecule has 148 valence electrons. The summed E-state index contributed by atoms with van der Waals surface area (Å²) in [5.74, 6) is -0.108. The summed E-state index contributed by atoms with van der Waals surface area (Å²) in [6.07, 6.45) is -1.04. The second kappa shape index (κ2) is 7.24. The smallest absolute Gasteiger partial charge is 0.264 e. The highest BCUT2D eigenvalue weighted by Gasteiger charge is 2.29. The van der Waals surface area contributed by atoms with Crippen molar-refractivity contribution in [3.8, 4) is 0 Å². The maximum absolute atomic E-state index is 13.6. The first-order valence-electron chi connectivity index (χ1n) is 9.26. The molecule has 8 heteroatoms. The van der Waals surface area contributed by atoms with E-state index >= 15 is 0 Å². The molecule has 0 bridgehead atoms. The van der Waals surface area contributed by atoms with E-state index in [0.717, 1.165) is 28.2 Å². The van der Waals surface area contributed by atoms with Gasteiger partial charge in [-0.25, -0.2) is 13.8 Å². The van der Waals surface area contributed by atoms with Crippen molar-refractivity contribution in [1.29, 1.82) is 0 Å². The third kappa shape index (κ3) is 3.30. The zero-order valence-corrected chi connectivity index (χ0v) is 16.8. The number of piperidine rings is 1. The monoisotopic (exact) mass is 405 g/mol. The number of aromatic nitrogens is 2. The van der Waals surface area contributed by atoms with Gasteiger partial charge in [0.15, 0.2) is 0 Å². The molecule has 28 heavy (non-hydrogen) atoms. The van der Waals surface area contributed by atoms with Gasteiger partial charge in [-0.05, 0) is 51.3 Å². The van der Waals surface area contributed by atoms with E-state index in [4.69, 9.17) is 4.52 Å². The van der Waals surface area contributed by atoms with Gasteiger partial charge in [0.1, 0.15) is 0 Å². The van der Waals surface area contributed by atoms with Gasteiger partial charge in [-0.15, -0.1) is 11.3 Å². The van der Waals surface area contributed by atoms with Crippen molar-refractivity contribution in [1.82, 2.24) is 15.0 Å². The molecular weight excluding hydrogens is 384 g/mol. The van der Waals surface area contributed by atoms with Crippen LogP contribution in [-0.4, -0.2) is 34.0 Å². The standard InChI is InChI=1S/C20H21F2N3O2S/c1-10-7-16(28-12(10)3)20(26)25-6-4-5-13(9-25)15-8-14(18(21)22)17-11(2)24-27-19(17)23-15/h7-8,13,18H,4-6,9H2,1-3H3/t13-/m0/s1. The van der Waals surface area contributed by atoms with Gasteiger partial charge in [0.2, 0.25) is 0 Å². The third-order valence-electron chi connectivity index (χ3n) is 5.41. The van der Waals surface area contributed by atoms with Crippen LogP contribution in [0, 0.1) is 20.8 Å². The molecule has 0 N–H and O–H groups in total. The van der Waals surface area contributed by atoms with Crippen LogP contribution in [0.1, 0.15) is 62.2 Å². The van der Waals surface area contributed by atoms with Gasteiger partial charge in [-0.1, -0.05) is 5.16 Å². The van der Waals surface area contributed by atoms with Crippen molar-refractivity contribution >= 4 is 28.3 Å². The first kappa shape index (κ1) is 19.0. The van der Waals surface area contributed by atoms with Crippen molar-refractivity contribution in [2.24, 2.45) is 0 Å². The number of hydrogen-bond acceptors (Lipinski definition) is 5. The topological polar surface area (TPSA) is 59.2 Å². The molecule has 1 aliphatic heterocycles. The maximum atomic E-state index is 13.6. The Hall–Kier alpha value is -2.35. The van der Waals surface area contributed by atoms with Crippen LogP contribution in [-0.2, 0) is 0 Å². The van der Waals surface area contributed by atoms with Gasteiger partial charge < -0.3 is 9.42 Å². The van der Waals surface area contributed by atoms with E-state index in [1.54, 1.807) is 11.8 Å². The molecule has 0 radical (unpaired) electrons. The van der Waals surface area contributed by atoms with E-state index in [-0.39, 0.29) is 28.5 Å². The van der Waals surface area contributed by atoms with Gasteiger partial charge >= 0.3 is 0 Å². The molecule has 0 spiro atoms. The molecular formula is C20H21F2N3O2S. The third-order valence-corrected chi connectivity index (χ3v) is 6.55. The minimum absolute atomic E-state index is 0.00318. The number of carbonyl (C=O) groups excluding carboxylic acids is 1. The number of hydrogen-bond donors (Lipinski definition) is 0. The number of fused-ring (bicyclic) bond motifs is 1. The lowest BCUT2D eigenvalue weighted by molar-refractivity contribution is 0.0710. The van der Waals surface area contributed by atoms with Gasteiger partial charge in [0, 0.05) is 35.1 Å². The largest absolute Gasteiger partial charge is 0.337 e. The second-order valence-corrected chi connectivity index (χ2v) is 8.58. The number of pyridine rings is 1. The molecule has 4 heterocycles. The van der Waals surface area contributed by atoms with Crippen LogP contribution in [0.2, 0.25) is 0 Å². The average molecular weight is 405 g/mol. The molecule has 1 saturated heterocycles. The van der Waals surface area contributed by atoms with Crippen LogP contribution in [0.5, 0.6) is 0 Å². The number of aryl methyl sites for hydroxylation is 3. The number of alkyl halides is 2. The summed E-state index contributed by atoms with van der Waals surface area (Å²) in [5.41, 5.74) is 2.09. The number of halogens is 2. The summed E-state index contributed by atoms with van der Waals surface area (Å²) in [5, 5.41) is 4.07. The summed E-state index contributed by atoms with van der Waals surface area (Å²) in [6.45, 7) is 6.75. The van der Waals surface area contributed by atoms with Crippen LogP contribution in [0.3, 0.4) is 0 Å². The van der Waals surface area contributed by atoms with Crippen LogP contribution in [0.4, 0.5) is 8.78 Å². The molecule has 3 aromatic rings. The van der Waals surface area contributed by atoms with E-state index in [1.807, 2.05) is 19.9 Å². The van der Waals surface area contributed by atoms with Crippen molar-refractivity contribution in [2.45, 2.75) is 46.0 Å². The summed E-state index contributed by atoms with van der Waals surface area (Å²) in [6, 6.07) is 3.37. The lowest BCUT2D eigenvalue weighted by Crippen LogP contribution is -2.39. The first-order chi connectivity index (χ1) is 13.3. The highest BCUT2D eigenvalue weighted by atomic mass is 32.1. The highest BCUT2D eigenvalue weighted by Crippen LogP contribution is 2.35. The van der Waals surface area contributed by atoms with Crippen LogP contribution in [0.15, 0.2) is 16.7 Å². The van der Waals surface area contributed by atoms with Gasteiger partial charge in [0.25, 0.3) is 18.0 Å². The van der Waals surface area contributed by atoms with Gasteiger partial charge in [-0.2, -0.15) is 0 Å². The van der Waals surface area contributed by atoms with E-state index in [9.17, 15) is 13.6 Å². The van der Waals surface area contributed by atoms with Crippen LogP contribution < -0.4 is 0 Å². The Balaban J connectivity index is 1.63. The molecule has 0 aromatic carbocycles. The normalized spacial score (nSPS) is 17.6. The number of rotatable bonds is 3. The fourth-order valence-electron chi connectivity index (χ4n) is 3.77. The SMILES string of the molecule is Cc1cc(C(=O)N2CCC[C@H](c3cc(C(F)F)c4c(C)noc4n3)C2)sc1C. The minimum Gasteiger partial charge on any atom is -0.337 e. The molecule has 0 unspecified atom stereocenters. The molecule has 1 amide bonds. The number of thiophene rings is 1. The van der Waals surface area contributed by atoms with E-state index < -0.39 is 6.43 Å². The number of nitrogens with zero attached hydrogens (tertiary/aromatic N) is 3. The van der Waals surface area contributed by atoms with Crippen LogP contribution >= 0.6 is 11.3 Å². The maximum Gasteiger partial charge on any atom is 0.264 e. The molecule has 1 fully saturated rings. The molecule has 3 aromatic heterocycles. The molecule has 0 saturated carbocycles. The molecule has 4 rings (SSSR count). The van der Waals surface area contributed by atoms with E-state index in [2.05, 4.69) is 10.1 Å². The predicted octanol–water partition coefficient (Wildman–Crippen LogP) is 5.17. The lowest BCUT2D eigenvalue weighted by atomic mass is 9.92. The van der Waals surface area contributed by atoms with Crippen molar-refractivity contribution in [3.05, 3.63) is 44.4 Å². The average Bonchev–Trinajstić information content (AvgIpc) is 3.23. The number of carbonyl (C=O) groups is 1. The van der Waals surface area contributed by atoms with Crippen molar-refractivity contribution < 1.29 is 18.1 Å². The van der Waals surface area contributed by atoms with Crippen LogP contribution in [0.25, 0.3) is 11.1 Å². The Morgan fingerprint density at radius 3 is 2.79 bits per heavy atom. The lowest BCUT2D eigenvalue weighted by Gasteiger charge is -2.32. The minimum atomic E-state index is -2.64. The molecule has 0 aliphatic carbocycles. The first-order valence-corrected chi connectivity index (χ1v) is 10.1. The zero-order chi connectivity index (χ0) is 20.0. The second-order valence-electron chi connectivity index (χ2n) is 7.33.